The number of benzene rings is 2. The molecule has 116 valence electrons. The molecule has 1 fully saturated rings. The highest BCUT2D eigenvalue weighted by Gasteiger charge is 2.27. The van der Waals surface area contributed by atoms with Gasteiger partial charge in [0.25, 0.3) is 0 Å². The first-order valence-corrected chi connectivity index (χ1v) is 7.85. The van der Waals surface area contributed by atoms with E-state index in [0.717, 1.165) is 30.9 Å². The fraction of sp³-hybridized carbons (Fsp3) is 0.368. The van der Waals surface area contributed by atoms with Crippen LogP contribution < -0.4 is 10.1 Å². The van der Waals surface area contributed by atoms with Gasteiger partial charge in [-0.05, 0) is 49.6 Å². The summed E-state index contributed by atoms with van der Waals surface area (Å²) in [5.41, 5.74) is 3.63. The van der Waals surface area contributed by atoms with E-state index in [4.69, 9.17) is 9.47 Å². The van der Waals surface area contributed by atoms with E-state index < -0.39 is 0 Å². The van der Waals surface area contributed by atoms with Gasteiger partial charge in [0.05, 0.1) is 19.3 Å². The maximum atomic E-state index is 5.93. The van der Waals surface area contributed by atoms with Crippen LogP contribution in [0, 0.1) is 6.92 Å². The molecule has 3 nitrogen and oxygen atoms in total. The van der Waals surface area contributed by atoms with Gasteiger partial charge in [0.2, 0.25) is 0 Å². The molecule has 3 heteroatoms. The molecule has 0 spiro atoms. The fourth-order valence-corrected chi connectivity index (χ4v) is 2.90. The van der Waals surface area contributed by atoms with Crippen LogP contribution in [0.3, 0.4) is 0 Å². The molecule has 1 heterocycles. The average Bonchev–Trinajstić information content (AvgIpc) is 3.08. The molecule has 2 atom stereocenters. The normalized spacial score (nSPS) is 18.9. The zero-order valence-corrected chi connectivity index (χ0v) is 13.2. The molecular weight excluding hydrogens is 274 g/mol. The smallest absolute Gasteiger partial charge is 0.119 e. The molecule has 2 aromatic carbocycles. The number of methoxy groups -OCH3 is 1. The molecule has 1 N–H and O–H groups in total. The van der Waals surface area contributed by atoms with Gasteiger partial charge in [0.15, 0.2) is 0 Å². The molecule has 22 heavy (non-hydrogen) atoms. The van der Waals surface area contributed by atoms with Gasteiger partial charge in [-0.3, -0.25) is 0 Å². The van der Waals surface area contributed by atoms with Gasteiger partial charge in [-0.15, -0.1) is 0 Å². The highest BCUT2D eigenvalue weighted by atomic mass is 16.5. The van der Waals surface area contributed by atoms with Gasteiger partial charge in [0, 0.05) is 12.3 Å². The molecular formula is C19H23NO2. The lowest BCUT2D eigenvalue weighted by molar-refractivity contribution is 0.0954. The van der Waals surface area contributed by atoms with Crippen molar-refractivity contribution in [2.45, 2.75) is 31.9 Å². The topological polar surface area (TPSA) is 30.5 Å². The molecule has 2 aromatic rings. The van der Waals surface area contributed by atoms with Gasteiger partial charge < -0.3 is 14.8 Å². The van der Waals surface area contributed by atoms with Crippen molar-refractivity contribution < 1.29 is 9.47 Å². The third kappa shape index (κ3) is 3.42. The number of hydrogen-bond donors (Lipinski definition) is 1. The van der Waals surface area contributed by atoms with Crippen LogP contribution >= 0.6 is 0 Å². The van der Waals surface area contributed by atoms with E-state index >= 15 is 0 Å². The zero-order chi connectivity index (χ0) is 15.4. The quantitative estimate of drug-likeness (QED) is 0.890. The van der Waals surface area contributed by atoms with E-state index in [1.807, 2.05) is 12.1 Å². The maximum absolute atomic E-state index is 5.93. The Balaban J connectivity index is 1.82. The number of nitrogens with one attached hydrogen (secondary N) is 1. The molecule has 0 aromatic heterocycles. The largest absolute Gasteiger partial charge is 0.497 e. The molecule has 0 radical (unpaired) electrons. The lowest BCUT2D eigenvalue weighted by atomic mass is 9.98. The van der Waals surface area contributed by atoms with Crippen molar-refractivity contribution in [2.75, 3.05) is 19.0 Å². The summed E-state index contributed by atoms with van der Waals surface area (Å²) in [4.78, 5) is 0. The molecule has 1 aliphatic heterocycles. The number of ether oxygens (including phenoxy) is 2. The van der Waals surface area contributed by atoms with Crippen molar-refractivity contribution in [3.8, 4) is 5.75 Å². The summed E-state index contributed by atoms with van der Waals surface area (Å²) in [6.45, 7) is 2.97. The average molecular weight is 297 g/mol. The van der Waals surface area contributed by atoms with Gasteiger partial charge in [-0.1, -0.05) is 29.8 Å². The highest BCUT2D eigenvalue weighted by molar-refractivity contribution is 5.48. The van der Waals surface area contributed by atoms with Crippen molar-refractivity contribution in [3.05, 3.63) is 59.7 Å². The van der Waals surface area contributed by atoms with E-state index in [2.05, 4.69) is 48.6 Å². The number of aryl methyl sites for hydroxylation is 1. The van der Waals surface area contributed by atoms with E-state index in [0.29, 0.717) is 0 Å². The van der Waals surface area contributed by atoms with Crippen LogP contribution in [0.4, 0.5) is 5.69 Å². The van der Waals surface area contributed by atoms with Crippen molar-refractivity contribution in [1.82, 2.24) is 0 Å². The maximum Gasteiger partial charge on any atom is 0.119 e. The summed E-state index contributed by atoms with van der Waals surface area (Å²) < 4.78 is 11.1. The molecule has 1 aliphatic rings. The summed E-state index contributed by atoms with van der Waals surface area (Å²) >= 11 is 0. The van der Waals surface area contributed by atoms with Crippen molar-refractivity contribution in [2.24, 2.45) is 0 Å². The van der Waals surface area contributed by atoms with Crippen molar-refractivity contribution in [1.29, 1.82) is 0 Å². The van der Waals surface area contributed by atoms with Crippen molar-refractivity contribution >= 4 is 5.69 Å². The summed E-state index contributed by atoms with van der Waals surface area (Å²) in [6.07, 6.45) is 2.46. The van der Waals surface area contributed by atoms with Crippen LogP contribution in [0.15, 0.2) is 48.5 Å². The van der Waals surface area contributed by atoms with Gasteiger partial charge in [-0.2, -0.15) is 0 Å². The number of anilines is 1. The first kappa shape index (κ1) is 14.9. The van der Waals surface area contributed by atoms with Crippen LogP contribution in [-0.2, 0) is 4.74 Å². The van der Waals surface area contributed by atoms with Crippen LogP contribution in [0.2, 0.25) is 0 Å². The summed E-state index contributed by atoms with van der Waals surface area (Å²) in [5.74, 6) is 0.870. The van der Waals surface area contributed by atoms with E-state index in [-0.39, 0.29) is 12.1 Å². The molecule has 3 rings (SSSR count). The van der Waals surface area contributed by atoms with Crippen LogP contribution in [-0.4, -0.2) is 19.8 Å². The number of rotatable bonds is 5. The Hall–Kier alpha value is -2.00. The van der Waals surface area contributed by atoms with E-state index in [9.17, 15) is 0 Å². The molecule has 0 bridgehead atoms. The first-order valence-electron chi connectivity index (χ1n) is 7.85. The SMILES string of the molecule is COc1ccc(NC(c2ccc(C)cc2)C2CCCO2)cc1. The van der Waals surface area contributed by atoms with Crippen LogP contribution in [0.5, 0.6) is 5.75 Å². The Morgan fingerprint density at radius 3 is 2.41 bits per heavy atom. The Morgan fingerprint density at radius 2 is 1.82 bits per heavy atom. The fourth-order valence-electron chi connectivity index (χ4n) is 2.90. The Bertz CT molecular complexity index is 586. The summed E-state index contributed by atoms with van der Waals surface area (Å²) in [5, 5.41) is 3.63. The standard InChI is InChI=1S/C19H23NO2/c1-14-5-7-15(8-6-14)19(18-4-3-13-22-18)20-16-9-11-17(21-2)12-10-16/h5-12,18-20H,3-4,13H2,1-2H3. The Labute approximate surface area is 132 Å². The summed E-state index contributed by atoms with van der Waals surface area (Å²) in [7, 11) is 1.68. The molecule has 0 saturated carbocycles. The third-order valence-corrected chi connectivity index (χ3v) is 4.19. The first-order chi connectivity index (χ1) is 10.8. The predicted octanol–water partition coefficient (Wildman–Crippen LogP) is 4.34. The molecule has 2 unspecified atom stereocenters. The van der Waals surface area contributed by atoms with E-state index in [1.54, 1.807) is 7.11 Å². The summed E-state index contributed by atoms with van der Waals surface area (Å²) in [6, 6.07) is 16.9. The van der Waals surface area contributed by atoms with Gasteiger partial charge in [-0.25, -0.2) is 0 Å². The lowest BCUT2D eigenvalue weighted by Crippen LogP contribution is -2.25. The van der Waals surface area contributed by atoms with E-state index in [1.165, 1.54) is 11.1 Å². The zero-order valence-electron chi connectivity index (χ0n) is 13.2. The monoisotopic (exact) mass is 297 g/mol. The molecule has 1 saturated heterocycles. The second-order valence-corrected chi connectivity index (χ2v) is 5.81. The highest BCUT2D eigenvalue weighted by Crippen LogP contribution is 2.31. The Kier molecular flexibility index (Phi) is 4.64. The van der Waals surface area contributed by atoms with Crippen LogP contribution in [0.1, 0.15) is 30.0 Å². The minimum Gasteiger partial charge on any atom is -0.497 e. The number of hydrogen-bond acceptors (Lipinski definition) is 3. The predicted molar refractivity (Wildman–Crippen MR) is 89.5 cm³/mol. The second-order valence-electron chi connectivity index (χ2n) is 5.81. The minimum atomic E-state index is 0.177. The van der Waals surface area contributed by atoms with Crippen molar-refractivity contribution in [3.63, 3.8) is 0 Å². The third-order valence-electron chi connectivity index (χ3n) is 4.19. The molecule has 0 aliphatic carbocycles. The second kappa shape index (κ2) is 6.84. The van der Waals surface area contributed by atoms with Gasteiger partial charge in [0.1, 0.15) is 5.75 Å². The Morgan fingerprint density at radius 1 is 1.09 bits per heavy atom. The molecule has 0 amide bonds. The van der Waals surface area contributed by atoms with Gasteiger partial charge >= 0.3 is 0 Å². The van der Waals surface area contributed by atoms with Crippen LogP contribution in [0.25, 0.3) is 0 Å². The lowest BCUT2D eigenvalue weighted by Gasteiger charge is -2.26. The minimum absolute atomic E-state index is 0.177.